The summed E-state index contributed by atoms with van der Waals surface area (Å²) in [6.45, 7) is 6.13. The summed E-state index contributed by atoms with van der Waals surface area (Å²) in [4.78, 5) is 1.27. The van der Waals surface area contributed by atoms with Crippen LogP contribution in [0.1, 0.15) is 32.0 Å². The van der Waals surface area contributed by atoms with E-state index in [0.717, 1.165) is 29.7 Å². The van der Waals surface area contributed by atoms with Crippen molar-refractivity contribution < 1.29 is 0 Å². The molecule has 2 rings (SSSR count). The van der Waals surface area contributed by atoms with E-state index in [-0.39, 0.29) is 6.04 Å². The lowest BCUT2D eigenvalue weighted by atomic mass is 10.2. The van der Waals surface area contributed by atoms with Crippen molar-refractivity contribution in [2.75, 3.05) is 12.3 Å². The number of hydrogen-bond acceptors (Lipinski definition) is 4. The quantitative estimate of drug-likeness (QED) is 0.717. The average Bonchev–Trinajstić information content (AvgIpc) is 2.92. The Labute approximate surface area is 138 Å². The Morgan fingerprint density at radius 1 is 1.38 bits per heavy atom. The molecule has 0 spiro atoms. The molecule has 1 atom stereocenters. The zero-order valence-corrected chi connectivity index (χ0v) is 14.8. The lowest BCUT2D eigenvalue weighted by Crippen LogP contribution is -2.25. The summed E-state index contributed by atoms with van der Waals surface area (Å²) in [5.74, 6) is 0.960. The Kier molecular flexibility index (Phi) is 6.73. The fraction of sp³-hybridized carbons (Fsp3) is 0.467. The topological polar surface area (TPSA) is 42.7 Å². The van der Waals surface area contributed by atoms with Crippen LogP contribution in [0.4, 0.5) is 0 Å². The standard InChI is InChI=1S/C15H21BrN4S/c1-3-8-20-15(10-18-19-20)14(17-4-2)11-21-13-7-5-6-12(16)9-13/h5-7,9-10,14,17H,3-4,8,11H2,1-2H3. The maximum absolute atomic E-state index is 4.19. The molecule has 0 radical (unpaired) electrons. The highest BCUT2D eigenvalue weighted by Gasteiger charge is 2.16. The van der Waals surface area contributed by atoms with Crippen molar-refractivity contribution in [2.24, 2.45) is 0 Å². The van der Waals surface area contributed by atoms with Crippen LogP contribution in [0.3, 0.4) is 0 Å². The molecule has 0 aliphatic heterocycles. The largest absolute Gasteiger partial charge is 0.308 e. The molecule has 0 fully saturated rings. The van der Waals surface area contributed by atoms with E-state index >= 15 is 0 Å². The van der Waals surface area contributed by atoms with E-state index in [4.69, 9.17) is 0 Å². The van der Waals surface area contributed by atoms with Crippen molar-refractivity contribution in [1.82, 2.24) is 20.3 Å². The second-order valence-electron chi connectivity index (χ2n) is 4.76. The van der Waals surface area contributed by atoms with Gasteiger partial charge in [-0.3, -0.25) is 0 Å². The number of benzene rings is 1. The molecule has 2 aromatic rings. The van der Waals surface area contributed by atoms with Crippen molar-refractivity contribution in [3.8, 4) is 0 Å². The monoisotopic (exact) mass is 368 g/mol. The van der Waals surface area contributed by atoms with Gasteiger partial charge >= 0.3 is 0 Å². The first-order chi connectivity index (χ1) is 10.2. The third kappa shape index (κ3) is 4.83. The van der Waals surface area contributed by atoms with E-state index in [1.807, 2.05) is 28.7 Å². The zero-order chi connectivity index (χ0) is 15.1. The molecule has 1 unspecified atom stereocenters. The van der Waals surface area contributed by atoms with Crippen LogP contribution in [0, 0.1) is 0 Å². The number of nitrogens with one attached hydrogen (secondary N) is 1. The van der Waals surface area contributed by atoms with Gasteiger partial charge in [-0.15, -0.1) is 16.9 Å². The molecule has 1 heterocycles. The van der Waals surface area contributed by atoms with Crippen LogP contribution in [0.5, 0.6) is 0 Å². The van der Waals surface area contributed by atoms with Gasteiger partial charge in [-0.2, -0.15) is 0 Å². The molecule has 1 N–H and O–H groups in total. The molecule has 0 bridgehead atoms. The SMILES string of the molecule is CCCn1nncc1C(CSc1cccc(Br)c1)NCC. The maximum Gasteiger partial charge on any atom is 0.0765 e. The van der Waals surface area contributed by atoms with Crippen molar-refractivity contribution in [3.63, 3.8) is 0 Å². The fourth-order valence-electron chi connectivity index (χ4n) is 2.15. The highest BCUT2D eigenvalue weighted by atomic mass is 79.9. The van der Waals surface area contributed by atoms with Crippen molar-refractivity contribution in [1.29, 1.82) is 0 Å². The van der Waals surface area contributed by atoms with Crippen LogP contribution in [0.2, 0.25) is 0 Å². The van der Waals surface area contributed by atoms with Gasteiger partial charge in [0.15, 0.2) is 0 Å². The number of halogens is 1. The number of rotatable bonds is 8. The minimum Gasteiger partial charge on any atom is -0.308 e. The highest BCUT2D eigenvalue weighted by molar-refractivity contribution is 9.10. The minimum absolute atomic E-state index is 0.264. The van der Waals surface area contributed by atoms with E-state index in [2.05, 4.69) is 63.6 Å². The van der Waals surface area contributed by atoms with Crippen LogP contribution in [0.15, 0.2) is 39.8 Å². The maximum atomic E-state index is 4.19. The molecule has 6 heteroatoms. The average molecular weight is 369 g/mol. The van der Waals surface area contributed by atoms with Crippen molar-refractivity contribution in [2.45, 2.75) is 37.8 Å². The van der Waals surface area contributed by atoms with Gasteiger partial charge in [-0.05, 0) is 31.2 Å². The second-order valence-corrected chi connectivity index (χ2v) is 6.77. The van der Waals surface area contributed by atoms with Gasteiger partial charge in [0.25, 0.3) is 0 Å². The third-order valence-electron chi connectivity index (χ3n) is 3.10. The summed E-state index contributed by atoms with van der Waals surface area (Å²) in [5, 5.41) is 11.8. The minimum atomic E-state index is 0.264. The summed E-state index contributed by atoms with van der Waals surface area (Å²) in [6, 6.07) is 8.67. The Bertz CT molecular complexity index is 558. The van der Waals surface area contributed by atoms with E-state index in [0.29, 0.717) is 0 Å². The molecule has 114 valence electrons. The molecule has 0 aliphatic carbocycles. The molecule has 4 nitrogen and oxygen atoms in total. The Morgan fingerprint density at radius 3 is 2.95 bits per heavy atom. The first-order valence-electron chi connectivity index (χ1n) is 7.24. The number of thioether (sulfide) groups is 1. The fourth-order valence-corrected chi connectivity index (χ4v) is 3.74. The van der Waals surface area contributed by atoms with Crippen LogP contribution < -0.4 is 5.32 Å². The molecular weight excluding hydrogens is 348 g/mol. The molecule has 0 aliphatic rings. The molecular formula is C15H21BrN4S. The number of nitrogens with zero attached hydrogens (tertiary/aromatic N) is 3. The molecule has 1 aromatic carbocycles. The van der Waals surface area contributed by atoms with Gasteiger partial charge in [-0.1, -0.05) is 41.1 Å². The number of hydrogen-bond donors (Lipinski definition) is 1. The summed E-state index contributed by atoms with van der Waals surface area (Å²) in [6.07, 6.45) is 2.94. The number of aromatic nitrogens is 3. The Hall–Kier alpha value is -0.850. The predicted octanol–water partition coefficient (Wildman–Crippen LogP) is 3.89. The van der Waals surface area contributed by atoms with E-state index < -0.39 is 0 Å². The molecule has 0 saturated carbocycles. The van der Waals surface area contributed by atoms with Gasteiger partial charge in [0.2, 0.25) is 0 Å². The van der Waals surface area contributed by atoms with Crippen LogP contribution in [-0.4, -0.2) is 27.3 Å². The molecule has 0 saturated heterocycles. The third-order valence-corrected chi connectivity index (χ3v) is 4.68. The molecule has 1 aromatic heterocycles. The van der Waals surface area contributed by atoms with Crippen LogP contribution in [0.25, 0.3) is 0 Å². The second kappa shape index (κ2) is 8.56. The van der Waals surface area contributed by atoms with Gasteiger partial charge in [0.05, 0.1) is 17.9 Å². The normalized spacial score (nSPS) is 12.5. The lowest BCUT2D eigenvalue weighted by molar-refractivity contribution is 0.501. The van der Waals surface area contributed by atoms with E-state index in [9.17, 15) is 0 Å². The summed E-state index contributed by atoms with van der Waals surface area (Å²) in [5.41, 5.74) is 1.17. The van der Waals surface area contributed by atoms with Gasteiger partial charge in [0.1, 0.15) is 0 Å². The van der Waals surface area contributed by atoms with Crippen molar-refractivity contribution in [3.05, 3.63) is 40.6 Å². The summed E-state index contributed by atoms with van der Waals surface area (Å²) < 4.78 is 3.12. The summed E-state index contributed by atoms with van der Waals surface area (Å²) in [7, 11) is 0. The van der Waals surface area contributed by atoms with Crippen molar-refractivity contribution >= 4 is 27.7 Å². The number of aryl methyl sites for hydroxylation is 1. The van der Waals surface area contributed by atoms with Crippen LogP contribution in [-0.2, 0) is 6.54 Å². The zero-order valence-electron chi connectivity index (χ0n) is 12.4. The molecule has 21 heavy (non-hydrogen) atoms. The van der Waals surface area contributed by atoms with Crippen LogP contribution >= 0.6 is 27.7 Å². The first-order valence-corrected chi connectivity index (χ1v) is 9.02. The van der Waals surface area contributed by atoms with Gasteiger partial charge in [-0.25, -0.2) is 4.68 Å². The Balaban J connectivity index is 2.06. The highest BCUT2D eigenvalue weighted by Crippen LogP contribution is 2.26. The summed E-state index contributed by atoms with van der Waals surface area (Å²) >= 11 is 5.36. The lowest BCUT2D eigenvalue weighted by Gasteiger charge is -2.18. The van der Waals surface area contributed by atoms with Gasteiger partial charge < -0.3 is 5.32 Å². The Morgan fingerprint density at radius 2 is 2.24 bits per heavy atom. The van der Waals surface area contributed by atoms with Gasteiger partial charge in [0, 0.05) is 21.7 Å². The smallest absolute Gasteiger partial charge is 0.0765 e. The molecule has 0 amide bonds. The first kappa shape index (κ1) is 16.5. The predicted molar refractivity (Wildman–Crippen MR) is 91.6 cm³/mol. The van der Waals surface area contributed by atoms with E-state index in [1.165, 1.54) is 10.6 Å². The van der Waals surface area contributed by atoms with E-state index in [1.54, 1.807) is 0 Å².